The van der Waals surface area contributed by atoms with E-state index in [1.165, 1.54) is 11.0 Å². The zero-order valence-electron chi connectivity index (χ0n) is 13.9. The average Bonchev–Trinajstić information content (AvgIpc) is 2.97. The van der Waals surface area contributed by atoms with E-state index in [1.807, 2.05) is 0 Å². The van der Waals surface area contributed by atoms with Gasteiger partial charge in [0, 0.05) is 35.3 Å². The highest BCUT2D eigenvalue weighted by atomic mass is 35.5. The third-order valence-electron chi connectivity index (χ3n) is 4.29. The number of halogens is 1. The van der Waals surface area contributed by atoms with Crippen molar-refractivity contribution in [2.45, 2.75) is 13.3 Å². The number of carbonyl (C=O) groups is 2. The van der Waals surface area contributed by atoms with Gasteiger partial charge in [-0.05, 0) is 31.2 Å². The standard InChI is InChI=1S/C18H16ClN3O4/c1-11-5-6-15(9-16(11)22(25)26)21-10-12(7-17(21)23)18(24)20-14-4-2-3-13(19)8-14/h2-6,8-9,12H,7,10H2,1H3,(H,20,24)/t12-/m1/s1. The van der Waals surface area contributed by atoms with Gasteiger partial charge in [0.05, 0.1) is 16.5 Å². The Morgan fingerprint density at radius 1 is 1.31 bits per heavy atom. The predicted octanol–water partition coefficient (Wildman–Crippen LogP) is 3.55. The molecule has 0 aliphatic carbocycles. The van der Waals surface area contributed by atoms with E-state index in [0.29, 0.717) is 22.0 Å². The quantitative estimate of drug-likeness (QED) is 0.655. The number of benzene rings is 2. The van der Waals surface area contributed by atoms with Crippen LogP contribution in [0.2, 0.25) is 5.02 Å². The summed E-state index contributed by atoms with van der Waals surface area (Å²) in [7, 11) is 0. The van der Waals surface area contributed by atoms with Crippen LogP contribution < -0.4 is 10.2 Å². The molecule has 0 radical (unpaired) electrons. The van der Waals surface area contributed by atoms with E-state index in [-0.39, 0.29) is 30.5 Å². The van der Waals surface area contributed by atoms with Crippen LogP contribution in [0.5, 0.6) is 0 Å². The molecular formula is C18H16ClN3O4. The molecule has 3 rings (SSSR count). The van der Waals surface area contributed by atoms with E-state index >= 15 is 0 Å². The van der Waals surface area contributed by atoms with Crippen molar-refractivity contribution in [2.75, 3.05) is 16.8 Å². The fourth-order valence-electron chi connectivity index (χ4n) is 2.91. The van der Waals surface area contributed by atoms with Crippen LogP contribution in [0.15, 0.2) is 42.5 Å². The molecule has 0 spiro atoms. The lowest BCUT2D eigenvalue weighted by Gasteiger charge is -2.17. The minimum atomic E-state index is -0.540. The Balaban J connectivity index is 1.75. The summed E-state index contributed by atoms with van der Waals surface area (Å²) in [4.78, 5) is 36.8. The predicted molar refractivity (Wildman–Crippen MR) is 98.4 cm³/mol. The molecule has 0 unspecified atom stereocenters. The lowest BCUT2D eigenvalue weighted by atomic mass is 10.1. The number of nitro groups is 1. The fraction of sp³-hybridized carbons (Fsp3) is 0.222. The first-order chi connectivity index (χ1) is 12.3. The largest absolute Gasteiger partial charge is 0.326 e. The van der Waals surface area contributed by atoms with Crippen LogP contribution in [-0.2, 0) is 9.59 Å². The highest BCUT2D eigenvalue weighted by molar-refractivity contribution is 6.30. The summed E-state index contributed by atoms with van der Waals surface area (Å²) in [5.41, 5.74) is 1.44. The Hall–Kier alpha value is -2.93. The molecule has 8 heteroatoms. The molecule has 0 bridgehead atoms. The Bertz CT molecular complexity index is 900. The molecule has 1 heterocycles. The second-order valence-electron chi connectivity index (χ2n) is 6.13. The summed E-state index contributed by atoms with van der Waals surface area (Å²) < 4.78 is 0. The molecule has 1 N–H and O–H groups in total. The number of amides is 2. The molecule has 2 amide bonds. The Labute approximate surface area is 154 Å². The maximum Gasteiger partial charge on any atom is 0.274 e. The zero-order valence-corrected chi connectivity index (χ0v) is 14.7. The topological polar surface area (TPSA) is 92.6 Å². The first-order valence-corrected chi connectivity index (χ1v) is 8.35. The first kappa shape index (κ1) is 17.9. The molecule has 0 saturated carbocycles. The van der Waals surface area contributed by atoms with Crippen molar-refractivity contribution in [1.29, 1.82) is 0 Å². The molecular weight excluding hydrogens is 358 g/mol. The number of rotatable bonds is 4. The summed E-state index contributed by atoms with van der Waals surface area (Å²) in [6, 6.07) is 11.4. The van der Waals surface area contributed by atoms with Crippen LogP contribution in [0.4, 0.5) is 17.1 Å². The Kier molecular flexibility index (Phi) is 4.90. The van der Waals surface area contributed by atoms with Crippen LogP contribution in [0, 0.1) is 23.0 Å². The van der Waals surface area contributed by atoms with Gasteiger partial charge in [-0.15, -0.1) is 0 Å². The maximum atomic E-state index is 12.4. The van der Waals surface area contributed by atoms with Crippen molar-refractivity contribution >= 4 is 40.5 Å². The van der Waals surface area contributed by atoms with E-state index in [1.54, 1.807) is 43.3 Å². The van der Waals surface area contributed by atoms with E-state index in [2.05, 4.69) is 5.32 Å². The van der Waals surface area contributed by atoms with Crippen molar-refractivity contribution in [2.24, 2.45) is 5.92 Å². The van der Waals surface area contributed by atoms with Gasteiger partial charge in [0.15, 0.2) is 0 Å². The van der Waals surface area contributed by atoms with Crippen LogP contribution in [0.3, 0.4) is 0 Å². The van der Waals surface area contributed by atoms with Crippen molar-refractivity contribution in [3.05, 3.63) is 63.2 Å². The van der Waals surface area contributed by atoms with Crippen LogP contribution in [0.25, 0.3) is 0 Å². The van der Waals surface area contributed by atoms with Gasteiger partial charge in [-0.2, -0.15) is 0 Å². The van der Waals surface area contributed by atoms with Gasteiger partial charge in [-0.1, -0.05) is 23.7 Å². The Morgan fingerprint density at radius 3 is 2.77 bits per heavy atom. The summed E-state index contributed by atoms with van der Waals surface area (Å²) in [6.45, 7) is 1.81. The third kappa shape index (κ3) is 3.67. The number of nitro benzene ring substituents is 1. The molecule has 7 nitrogen and oxygen atoms in total. The van der Waals surface area contributed by atoms with E-state index in [9.17, 15) is 19.7 Å². The monoisotopic (exact) mass is 373 g/mol. The fourth-order valence-corrected chi connectivity index (χ4v) is 3.10. The number of carbonyl (C=O) groups excluding carboxylic acids is 2. The highest BCUT2D eigenvalue weighted by Crippen LogP contribution is 2.30. The molecule has 0 aromatic heterocycles. The van der Waals surface area contributed by atoms with Crippen LogP contribution in [0.1, 0.15) is 12.0 Å². The van der Waals surface area contributed by atoms with E-state index < -0.39 is 10.8 Å². The van der Waals surface area contributed by atoms with Gasteiger partial charge < -0.3 is 10.2 Å². The van der Waals surface area contributed by atoms with Gasteiger partial charge in [0.25, 0.3) is 5.69 Å². The minimum absolute atomic E-state index is 0.0497. The SMILES string of the molecule is Cc1ccc(N2C[C@H](C(=O)Nc3cccc(Cl)c3)CC2=O)cc1[N+](=O)[O-]. The number of aryl methyl sites for hydroxylation is 1. The number of hydrogen-bond donors (Lipinski definition) is 1. The molecule has 134 valence electrons. The number of nitrogens with one attached hydrogen (secondary N) is 1. The lowest BCUT2D eigenvalue weighted by molar-refractivity contribution is -0.385. The second kappa shape index (κ2) is 7.13. The molecule has 1 fully saturated rings. The van der Waals surface area contributed by atoms with E-state index in [4.69, 9.17) is 11.6 Å². The molecule has 26 heavy (non-hydrogen) atoms. The summed E-state index contributed by atoms with van der Waals surface area (Å²) in [6.07, 6.45) is 0.0497. The van der Waals surface area contributed by atoms with Crippen molar-refractivity contribution in [1.82, 2.24) is 0 Å². The third-order valence-corrected chi connectivity index (χ3v) is 4.52. The van der Waals surface area contributed by atoms with Crippen LogP contribution >= 0.6 is 11.6 Å². The second-order valence-corrected chi connectivity index (χ2v) is 6.57. The van der Waals surface area contributed by atoms with E-state index in [0.717, 1.165) is 0 Å². The van der Waals surface area contributed by atoms with Gasteiger partial charge >= 0.3 is 0 Å². The van der Waals surface area contributed by atoms with Gasteiger partial charge in [-0.25, -0.2) is 0 Å². The summed E-state index contributed by atoms with van der Waals surface area (Å²) >= 11 is 5.90. The molecule has 1 saturated heterocycles. The zero-order chi connectivity index (χ0) is 18.8. The first-order valence-electron chi connectivity index (χ1n) is 7.97. The normalized spacial score (nSPS) is 16.6. The Morgan fingerprint density at radius 2 is 2.08 bits per heavy atom. The summed E-state index contributed by atoms with van der Waals surface area (Å²) in [5.74, 6) is -1.07. The smallest absolute Gasteiger partial charge is 0.274 e. The molecule has 2 aromatic carbocycles. The molecule has 1 aliphatic heterocycles. The van der Waals surface area contributed by atoms with Crippen molar-refractivity contribution in [3.8, 4) is 0 Å². The molecule has 1 aliphatic rings. The number of nitrogens with zero attached hydrogens (tertiary/aromatic N) is 2. The maximum absolute atomic E-state index is 12.4. The van der Waals surface area contributed by atoms with Gasteiger partial charge in [0.1, 0.15) is 0 Å². The van der Waals surface area contributed by atoms with Gasteiger partial charge in [0.2, 0.25) is 11.8 Å². The molecule has 1 atom stereocenters. The lowest BCUT2D eigenvalue weighted by Crippen LogP contribution is -2.28. The van der Waals surface area contributed by atoms with Crippen LogP contribution in [-0.4, -0.2) is 23.3 Å². The number of hydrogen-bond acceptors (Lipinski definition) is 4. The van der Waals surface area contributed by atoms with Gasteiger partial charge in [-0.3, -0.25) is 19.7 Å². The van der Waals surface area contributed by atoms with Crippen molar-refractivity contribution < 1.29 is 14.5 Å². The summed E-state index contributed by atoms with van der Waals surface area (Å²) in [5, 5.41) is 14.3. The van der Waals surface area contributed by atoms with Crippen molar-refractivity contribution in [3.63, 3.8) is 0 Å². The highest BCUT2D eigenvalue weighted by Gasteiger charge is 2.35. The average molecular weight is 374 g/mol. The minimum Gasteiger partial charge on any atom is -0.326 e. The number of anilines is 2. The molecule has 2 aromatic rings.